The number of pyridine rings is 1. The Morgan fingerprint density at radius 3 is 2.43 bits per heavy atom. The van der Waals surface area contributed by atoms with Crippen LogP contribution in [0.3, 0.4) is 0 Å². The van der Waals surface area contributed by atoms with E-state index in [0.29, 0.717) is 47.4 Å². The van der Waals surface area contributed by atoms with Crippen molar-refractivity contribution < 1.29 is 23.5 Å². The third-order valence-electron chi connectivity index (χ3n) is 8.07. The zero-order valence-corrected chi connectivity index (χ0v) is 21.5. The van der Waals surface area contributed by atoms with Crippen LogP contribution in [0.2, 0.25) is 0 Å². The largest absolute Gasteiger partial charge is 0.450 e. The normalized spacial score (nSPS) is 22.0. The first-order valence-electron chi connectivity index (χ1n) is 13.4. The molecule has 0 saturated carbocycles. The van der Waals surface area contributed by atoms with Crippen molar-refractivity contribution >= 4 is 34.8 Å². The van der Waals surface area contributed by atoms with Gasteiger partial charge in [0.05, 0.1) is 18.2 Å². The van der Waals surface area contributed by atoms with Gasteiger partial charge in [0.15, 0.2) is 17.3 Å². The molecule has 1 atom stereocenters. The van der Waals surface area contributed by atoms with E-state index in [4.69, 9.17) is 4.74 Å². The molecule has 0 aromatic carbocycles. The summed E-state index contributed by atoms with van der Waals surface area (Å²) in [5.41, 5.74) is 1.000. The van der Waals surface area contributed by atoms with Gasteiger partial charge in [-0.05, 0) is 63.4 Å². The average molecular weight is 515 g/mol. The second kappa shape index (κ2) is 10.6. The van der Waals surface area contributed by atoms with Crippen LogP contribution in [0, 0.1) is 17.7 Å². The van der Waals surface area contributed by atoms with E-state index in [9.17, 15) is 14.4 Å². The summed E-state index contributed by atoms with van der Waals surface area (Å²) in [6.45, 7) is 5.21. The number of hydrogen-bond donors (Lipinski definition) is 1. The zero-order chi connectivity index (χ0) is 26.1. The van der Waals surface area contributed by atoms with Crippen molar-refractivity contribution in [3.05, 3.63) is 17.6 Å². The Morgan fingerprint density at radius 1 is 1.11 bits per heavy atom. The molecular formula is C26H35FN6O4. The highest BCUT2D eigenvalue weighted by Crippen LogP contribution is 2.35. The van der Waals surface area contributed by atoms with Gasteiger partial charge in [0.2, 0.25) is 11.8 Å². The molecule has 200 valence electrons. The lowest BCUT2D eigenvalue weighted by molar-refractivity contribution is -0.134. The third kappa shape index (κ3) is 5.26. The summed E-state index contributed by atoms with van der Waals surface area (Å²) < 4.78 is 22.0. The second-order valence-electron chi connectivity index (χ2n) is 10.5. The highest BCUT2D eigenvalue weighted by molar-refractivity contribution is 6.02. The summed E-state index contributed by atoms with van der Waals surface area (Å²) in [7, 11) is 1.74. The molecule has 3 amide bonds. The quantitative estimate of drug-likeness (QED) is 0.611. The monoisotopic (exact) mass is 514 g/mol. The van der Waals surface area contributed by atoms with Crippen LogP contribution < -0.4 is 10.2 Å². The van der Waals surface area contributed by atoms with Gasteiger partial charge in [-0.2, -0.15) is 5.10 Å². The minimum atomic E-state index is -0.589. The van der Waals surface area contributed by atoms with Crippen LogP contribution in [0.15, 0.2) is 6.07 Å². The third-order valence-corrected chi connectivity index (χ3v) is 8.07. The number of hydrogen-bond acceptors (Lipinski definition) is 7. The number of fused-ring (bicyclic) bond motifs is 1. The summed E-state index contributed by atoms with van der Waals surface area (Å²) in [5.74, 6) is -0.182. The number of nitrogens with zero attached hydrogens (tertiary/aromatic N) is 5. The van der Waals surface area contributed by atoms with Gasteiger partial charge in [-0.15, -0.1) is 0 Å². The fraction of sp³-hybridized carbons (Fsp3) is 0.654. The molecule has 3 aliphatic rings. The molecule has 0 spiro atoms. The van der Waals surface area contributed by atoms with Crippen molar-refractivity contribution in [3.8, 4) is 0 Å². The van der Waals surface area contributed by atoms with E-state index < -0.39 is 17.6 Å². The van der Waals surface area contributed by atoms with Gasteiger partial charge in [0, 0.05) is 45.0 Å². The fourth-order valence-electron chi connectivity index (χ4n) is 6.02. The topological polar surface area (TPSA) is 110 Å². The molecule has 3 aliphatic heterocycles. The molecule has 3 fully saturated rings. The van der Waals surface area contributed by atoms with Gasteiger partial charge in [0.25, 0.3) is 0 Å². The van der Waals surface area contributed by atoms with E-state index in [2.05, 4.69) is 15.4 Å². The summed E-state index contributed by atoms with van der Waals surface area (Å²) in [6.07, 6.45) is 5.48. The van der Waals surface area contributed by atoms with Crippen LogP contribution >= 0.6 is 0 Å². The minimum Gasteiger partial charge on any atom is -0.450 e. The van der Waals surface area contributed by atoms with E-state index in [0.717, 1.165) is 58.3 Å². The number of aryl methyl sites for hydroxylation is 1. The SMILES string of the molecule is CCOC(=O)N1CCC(CC2CCN(c3nc4c(cc3F)c(C3CCC(=O)NC3=O)nn4C)CC2)CC1. The van der Waals surface area contributed by atoms with E-state index in [1.807, 2.05) is 11.8 Å². The van der Waals surface area contributed by atoms with E-state index >= 15 is 4.39 Å². The van der Waals surface area contributed by atoms with Crippen LogP contribution in [0.5, 0.6) is 0 Å². The van der Waals surface area contributed by atoms with Crippen molar-refractivity contribution in [2.75, 3.05) is 37.7 Å². The molecule has 10 nitrogen and oxygen atoms in total. The Bertz CT molecular complexity index is 1180. The second-order valence-corrected chi connectivity index (χ2v) is 10.5. The number of ether oxygens (including phenoxy) is 1. The minimum absolute atomic E-state index is 0.210. The molecule has 0 bridgehead atoms. The number of likely N-dealkylation sites (tertiary alicyclic amines) is 1. The van der Waals surface area contributed by atoms with Crippen LogP contribution in [0.4, 0.5) is 15.0 Å². The molecule has 2 aromatic heterocycles. The molecule has 1 N–H and O–H groups in total. The molecule has 5 rings (SSSR count). The Balaban J connectivity index is 1.21. The number of carbonyl (C=O) groups excluding carboxylic acids is 3. The summed E-state index contributed by atoms with van der Waals surface area (Å²) in [5, 5.41) is 7.35. The number of anilines is 1. The van der Waals surface area contributed by atoms with Crippen LogP contribution in [0.25, 0.3) is 11.0 Å². The van der Waals surface area contributed by atoms with Crippen molar-refractivity contribution in [2.45, 2.75) is 57.8 Å². The summed E-state index contributed by atoms with van der Waals surface area (Å²) in [6, 6.07) is 1.44. The number of carbonyl (C=O) groups is 3. The number of piperidine rings is 3. The van der Waals surface area contributed by atoms with Crippen LogP contribution in [-0.2, 0) is 21.4 Å². The van der Waals surface area contributed by atoms with Gasteiger partial charge in [-0.1, -0.05) is 0 Å². The molecule has 5 heterocycles. The molecule has 11 heteroatoms. The van der Waals surface area contributed by atoms with E-state index in [-0.39, 0.29) is 18.4 Å². The lowest BCUT2D eigenvalue weighted by Gasteiger charge is -2.37. The van der Waals surface area contributed by atoms with Crippen molar-refractivity contribution in [3.63, 3.8) is 0 Å². The molecular weight excluding hydrogens is 479 g/mol. The Hall–Kier alpha value is -3.24. The van der Waals surface area contributed by atoms with Gasteiger partial charge < -0.3 is 14.5 Å². The van der Waals surface area contributed by atoms with Gasteiger partial charge in [-0.3, -0.25) is 19.6 Å². The van der Waals surface area contributed by atoms with Gasteiger partial charge in [-0.25, -0.2) is 14.2 Å². The zero-order valence-electron chi connectivity index (χ0n) is 21.5. The maximum absolute atomic E-state index is 15.3. The van der Waals surface area contributed by atoms with E-state index in [1.165, 1.54) is 6.07 Å². The Labute approximate surface area is 215 Å². The fourth-order valence-corrected chi connectivity index (χ4v) is 6.02. The first-order chi connectivity index (χ1) is 17.8. The Kier molecular flexibility index (Phi) is 7.30. The molecule has 3 saturated heterocycles. The van der Waals surface area contributed by atoms with Crippen molar-refractivity contribution in [2.24, 2.45) is 18.9 Å². The number of halogens is 1. The van der Waals surface area contributed by atoms with Crippen LogP contribution in [0.1, 0.15) is 63.5 Å². The number of nitrogens with one attached hydrogen (secondary N) is 1. The number of rotatable bonds is 5. The lowest BCUT2D eigenvalue weighted by Crippen LogP contribution is -2.40. The first kappa shape index (κ1) is 25.4. The molecule has 0 radical (unpaired) electrons. The van der Waals surface area contributed by atoms with Crippen molar-refractivity contribution in [1.82, 2.24) is 25.0 Å². The lowest BCUT2D eigenvalue weighted by atomic mass is 9.83. The number of aromatic nitrogens is 3. The maximum Gasteiger partial charge on any atom is 0.409 e. The predicted octanol–water partition coefficient (Wildman–Crippen LogP) is 3.10. The molecule has 1 unspecified atom stereocenters. The highest BCUT2D eigenvalue weighted by atomic mass is 19.1. The smallest absolute Gasteiger partial charge is 0.409 e. The first-order valence-corrected chi connectivity index (χ1v) is 13.4. The average Bonchev–Trinajstić information content (AvgIpc) is 3.19. The highest BCUT2D eigenvalue weighted by Gasteiger charge is 2.33. The number of amides is 3. The maximum atomic E-state index is 15.3. The summed E-state index contributed by atoms with van der Waals surface area (Å²) in [4.78, 5) is 44.3. The van der Waals surface area contributed by atoms with Gasteiger partial charge in [0.1, 0.15) is 0 Å². The Morgan fingerprint density at radius 2 is 1.78 bits per heavy atom. The van der Waals surface area contributed by atoms with Crippen molar-refractivity contribution in [1.29, 1.82) is 0 Å². The standard InChI is InChI=1S/C26H35FN6O4/c1-3-37-26(36)33-12-8-17(9-13-33)14-16-6-10-32(11-7-16)24-20(27)15-19-22(30-31(2)23(19)29-24)18-4-5-21(34)28-25(18)35/h15-18H,3-14H2,1-2H3,(H,28,34,35). The molecule has 37 heavy (non-hydrogen) atoms. The predicted molar refractivity (Wildman–Crippen MR) is 134 cm³/mol. The molecule has 2 aromatic rings. The van der Waals surface area contributed by atoms with Gasteiger partial charge >= 0.3 is 6.09 Å². The van der Waals surface area contributed by atoms with Crippen LogP contribution in [-0.4, -0.2) is 70.4 Å². The summed E-state index contributed by atoms with van der Waals surface area (Å²) >= 11 is 0. The molecule has 0 aliphatic carbocycles. The number of imide groups is 1. The van der Waals surface area contributed by atoms with E-state index in [1.54, 1.807) is 16.6 Å².